The van der Waals surface area contributed by atoms with E-state index in [1.165, 1.54) is 4.90 Å². The number of esters is 1. The molecule has 0 saturated carbocycles. The molecule has 3 aromatic rings. The second-order valence-electron chi connectivity index (χ2n) is 11.1. The van der Waals surface area contributed by atoms with E-state index >= 15 is 0 Å². The third-order valence-corrected chi connectivity index (χ3v) is 8.82. The summed E-state index contributed by atoms with van der Waals surface area (Å²) < 4.78 is 12.0. The van der Waals surface area contributed by atoms with Crippen molar-refractivity contribution in [3.63, 3.8) is 0 Å². The van der Waals surface area contributed by atoms with E-state index in [9.17, 15) is 14.9 Å². The summed E-state index contributed by atoms with van der Waals surface area (Å²) in [4.78, 5) is 31.3. The van der Waals surface area contributed by atoms with Gasteiger partial charge < -0.3 is 9.47 Å². The Hall–Kier alpha value is -4.67. The van der Waals surface area contributed by atoms with E-state index in [-0.39, 0.29) is 11.9 Å². The van der Waals surface area contributed by atoms with Gasteiger partial charge in [0.15, 0.2) is 0 Å². The zero-order valence-corrected chi connectivity index (χ0v) is 23.6. The lowest BCUT2D eigenvalue weighted by Crippen LogP contribution is -2.58. The summed E-state index contributed by atoms with van der Waals surface area (Å²) in [6, 6.07) is 24.7. The molecule has 2 unspecified atom stereocenters. The van der Waals surface area contributed by atoms with E-state index in [4.69, 9.17) is 9.47 Å². The predicted octanol–water partition coefficient (Wildman–Crippen LogP) is 5.75. The van der Waals surface area contributed by atoms with Crippen LogP contribution in [0, 0.1) is 23.2 Å². The largest absolute Gasteiger partial charge is 0.497 e. The predicted molar refractivity (Wildman–Crippen MR) is 161 cm³/mol. The SMILES string of the molecule is C=C[C@H]1CN2CC[C@H]1C[C@H]2[C@H](OC(=O)c1ccccc1)C1=CC(C#N)N(C(=O)c2ccccc2)c2ccc(OC)cc21. The van der Waals surface area contributed by atoms with Crippen LogP contribution >= 0.6 is 0 Å². The van der Waals surface area contributed by atoms with Gasteiger partial charge in [-0.2, -0.15) is 5.26 Å². The molecule has 3 saturated heterocycles. The molecule has 0 radical (unpaired) electrons. The molecule has 42 heavy (non-hydrogen) atoms. The fourth-order valence-corrected chi connectivity index (χ4v) is 6.67. The Bertz CT molecular complexity index is 1560. The molecule has 6 atom stereocenters. The van der Waals surface area contributed by atoms with E-state index < -0.39 is 18.1 Å². The quantitative estimate of drug-likeness (QED) is 0.271. The monoisotopic (exact) mass is 559 g/mol. The highest BCUT2D eigenvalue weighted by atomic mass is 16.5. The maximum absolute atomic E-state index is 13.8. The van der Waals surface area contributed by atoms with Gasteiger partial charge in [-0.3, -0.25) is 14.6 Å². The molecule has 0 aromatic heterocycles. The summed E-state index contributed by atoms with van der Waals surface area (Å²) in [5.41, 5.74) is 2.94. The molecule has 1 amide bonds. The number of ether oxygens (including phenoxy) is 2. The smallest absolute Gasteiger partial charge is 0.338 e. The van der Waals surface area contributed by atoms with Crippen LogP contribution < -0.4 is 9.64 Å². The van der Waals surface area contributed by atoms with Crippen LogP contribution in [-0.2, 0) is 4.74 Å². The minimum Gasteiger partial charge on any atom is -0.497 e. The van der Waals surface area contributed by atoms with E-state index in [1.54, 1.807) is 55.7 Å². The van der Waals surface area contributed by atoms with Crippen molar-refractivity contribution in [2.45, 2.75) is 31.0 Å². The fraction of sp³-hybridized carbons (Fsp3) is 0.286. The normalized spacial score (nSPS) is 24.9. The van der Waals surface area contributed by atoms with E-state index in [0.717, 1.165) is 25.9 Å². The molecule has 2 bridgehead atoms. The summed E-state index contributed by atoms with van der Waals surface area (Å²) in [7, 11) is 1.59. The molecule has 4 heterocycles. The molecule has 0 spiro atoms. The van der Waals surface area contributed by atoms with Gasteiger partial charge in [-0.15, -0.1) is 6.58 Å². The molecular formula is C35H33N3O4. The number of anilines is 1. The van der Waals surface area contributed by atoms with Crippen molar-refractivity contribution in [1.29, 1.82) is 5.26 Å². The number of hydrogen-bond acceptors (Lipinski definition) is 6. The van der Waals surface area contributed by atoms with Gasteiger partial charge in [0.25, 0.3) is 5.91 Å². The van der Waals surface area contributed by atoms with Crippen molar-refractivity contribution in [1.82, 2.24) is 4.90 Å². The third kappa shape index (κ3) is 4.99. The molecule has 7 nitrogen and oxygen atoms in total. The first-order valence-corrected chi connectivity index (χ1v) is 14.3. The highest BCUT2D eigenvalue weighted by Crippen LogP contribution is 2.45. The fourth-order valence-electron chi connectivity index (χ4n) is 6.67. The van der Waals surface area contributed by atoms with Gasteiger partial charge in [-0.1, -0.05) is 42.5 Å². The Morgan fingerprint density at radius 1 is 1.05 bits per heavy atom. The highest BCUT2D eigenvalue weighted by molar-refractivity contribution is 6.10. The number of rotatable bonds is 7. The van der Waals surface area contributed by atoms with Crippen molar-refractivity contribution in [3.05, 3.63) is 114 Å². The molecule has 3 fully saturated rings. The molecule has 4 aliphatic heterocycles. The Kier molecular flexibility index (Phi) is 7.64. The van der Waals surface area contributed by atoms with Crippen LogP contribution in [0.15, 0.2) is 97.6 Å². The number of amides is 1. The van der Waals surface area contributed by atoms with Crippen LogP contribution in [0.25, 0.3) is 5.57 Å². The molecule has 0 N–H and O–H groups in total. The highest BCUT2D eigenvalue weighted by Gasteiger charge is 2.46. The summed E-state index contributed by atoms with van der Waals surface area (Å²) in [6.07, 6.45) is 5.07. The number of methoxy groups -OCH3 is 1. The van der Waals surface area contributed by atoms with Gasteiger partial charge in [0.1, 0.15) is 17.9 Å². The summed E-state index contributed by atoms with van der Waals surface area (Å²) in [5, 5.41) is 10.4. The zero-order chi connectivity index (χ0) is 29.2. The molecule has 3 aromatic carbocycles. The van der Waals surface area contributed by atoms with Crippen LogP contribution in [0.1, 0.15) is 39.1 Å². The van der Waals surface area contributed by atoms with Crippen molar-refractivity contribution in [2.75, 3.05) is 25.1 Å². The van der Waals surface area contributed by atoms with E-state index in [2.05, 4.69) is 17.5 Å². The summed E-state index contributed by atoms with van der Waals surface area (Å²) in [5.74, 6) is 0.722. The van der Waals surface area contributed by atoms with Crippen LogP contribution in [0.3, 0.4) is 0 Å². The number of piperidine rings is 3. The van der Waals surface area contributed by atoms with Crippen LogP contribution in [0.4, 0.5) is 5.69 Å². The molecule has 7 heteroatoms. The summed E-state index contributed by atoms with van der Waals surface area (Å²) >= 11 is 0. The third-order valence-electron chi connectivity index (χ3n) is 8.82. The Morgan fingerprint density at radius 3 is 2.38 bits per heavy atom. The van der Waals surface area contributed by atoms with E-state index in [1.807, 2.05) is 42.5 Å². The number of fused-ring (bicyclic) bond motifs is 4. The average molecular weight is 560 g/mol. The first-order chi connectivity index (χ1) is 20.5. The maximum atomic E-state index is 13.8. The van der Waals surface area contributed by atoms with Gasteiger partial charge in [0.05, 0.1) is 30.5 Å². The standard InChI is InChI=1S/C35H33N3O4/c1-3-23-22-37-17-16-26(23)18-32(37)33(42-35(40)25-12-8-5-9-13-25)30-19-27(21-36)38(34(39)24-10-6-4-7-11-24)31-15-14-28(41-2)20-29(30)31/h3-15,19-20,23,26-27,32-33H,1,16-18,22H2,2H3/t23-,26-,27?,32-,33+/m0/s1. The second kappa shape index (κ2) is 11.7. The van der Waals surface area contributed by atoms with Crippen molar-refractivity contribution < 1.29 is 19.1 Å². The minimum absolute atomic E-state index is 0.0892. The first kappa shape index (κ1) is 27.5. The van der Waals surface area contributed by atoms with E-state index in [0.29, 0.717) is 45.5 Å². The molecule has 4 aliphatic rings. The van der Waals surface area contributed by atoms with Crippen LogP contribution in [-0.4, -0.2) is 55.2 Å². The molecule has 0 aliphatic carbocycles. The zero-order valence-electron chi connectivity index (χ0n) is 23.6. The lowest BCUT2D eigenvalue weighted by molar-refractivity contribution is -0.0381. The number of hydrogen-bond donors (Lipinski definition) is 0. The van der Waals surface area contributed by atoms with Gasteiger partial charge in [-0.05, 0) is 79.8 Å². The lowest BCUT2D eigenvalue weighted by atomic mass is 9.72. The van der Waals surface area contributed by atoms with Crippen molar-refractivity contribution >= 4 is 23.1 Å². The number of carbonyl (C=O) groups is 2. The van der Waals surface area contributed by atoms with Crippen LogP contribution in [0.2, 0.25) is 0 Å². The number of nitrogens with zero attached hydrogens (tertiary/aromatic N) is 3. The maximum Gasteiger partial charge on any atom is 0.338 e. The number of nitriles is 1. The number of benzene rings is 3. The van der Waals surface area contributed by atoms with Crippen LogP contribution in [0.5, 0.6) is 5.75 Å². The topological polar surface area (TPSA) is 82.9 Å². The van der Waals surface area contributed by atoms with Gasteiger partial charge >= 0.3 is 5.97 Å². The van der Waals surface area contributed by atoms with Gasteiger partial charge in [-0.25, -0.2) is 4.79 Å². The van der Waals surface area contributed by atoms with Gasteiger partial charge in [0, 0.05) is 23.2 Å². The molecule has 212 valence electrons. The number of carbonyl (C=O) groups excluding carboxylic acids is 2. The average Bonchev–Trinajstić information content (AvgIpc) is 3.06. The Balaban J connectivity index is 1.47. The molecule has 7 rings (SSSR count). The first-order valence-electron chi connectivity index (χ1n) is 14.3. The Morgan fingerprint density at radius 2 is 1.76 bits per heavy atom. The molecular weight excluding hydrogens is 526 g/mol. The van der Waals surface area contributed by atoms with Crippen molar-refractivity contribution in [3.8, 4) is 11.8 Å². The second-order valence-corrected chi connectivity index (χ2v) is 11.1. The Labute approximate surface area is 246 Å². The summed E-state index contributed by atoms with van der Waals surface area (Å²) in [6.45, 7) is 5.80. The minimum atomic E-state index is -0.900. The lowest BCUT2D eigenvalue weighted by Gasteiger charge is -2.51. The van der Waals surface area contributed by atoms with Gasteiger partial charge in [0.2, 0.25) is 0 Å². The van der Waals surface area contributed by atoms with Crippen molar-refractivity contribution in [2.24, 2.45) is 11.8 Å².